The van der Waals surface area contributed by atoms with E-state index in [1.807, 2.05) is 20.8 Å². The van der Waals surface area contributed by atoms with Gasteiger partial charge >= 0.3 is 5.97 Å². The van der Waals surface area contributed by atoms with Crippen LogP contribution in [-0.4, -0.2) is 24.0 Å². The number of amides is 1. The number of hydrogen-bond acceptors (Lipinski definition) is 3. The summed E-state index contributed by atoms with van der Waals surface area (Å²) in [6.07, 6.45) is 6.37. The second-order valence-electron chi connectivity index (χ2n) is 5.56. The van der Waals surface area contributed by atoms with E-state index in [9.17, 15) is 9.59 Å². The molecule has 1 saturated carbocycles. The first-order chi connectivity index (χ1) is 7.82. The van der Waals surface area contributed by atoms with Gasteiger partial charge in [-0.05, 0) is 19.8 Å². The summed E-state index contributed by atoms with van der Waals surface area (Å²) >= 11 is 0. The van der Waals surface area contributed by atoms with Crippen LogP contribution in [0.3, 0.4) is 0 Å². The van der Waals surface area contributed by atoms with Gasteiger partial charge in [-0.25, -0.2) is 0 Å². The van der Waals surface area contributed by atoms with Crippen molar-refractivity contribution in [2.45, 2.75) is 39.2 Å². The minimum absolute atomic E-state index is 0.158. The van der Waals surface area contributed by atoms with Crippen LogP contribution in [0.15, 0.2) is 0 Å². The zero-order chi connectivity index (χ0) is 12.9. The van der Waals surface area contributed by atoms with E-state index >= 15 is 0 Å². The third-order valence-corrected chi connectivity index (χ3v) is 4.80. The van der Waals surface area contributed by atoms with E-state index in [1.165, 1.54) is 0 Å². The first-order valence-electron chi connectivity index (χ1n) is 5.77. The van der Waals surface area contributed by atoms with Gasteiger partial charge in [-0.15, -0.1) is 6.42 Å². The summed E-state index contributed by atoms with van der Waals surface area (Å²) in [5, 5.41) is 2.63. The van der Waals surface area contributed by atoms with E-state index < -0.39 is 16.4 Å². The molecule has 1 aliphatic carbocycles. The Kier molecular flexibility index (Phi) is 2.29. The molecule has 17 heavy (non-hydrogen) atoms. The number of ether oxygens (including phenoxy) is 1. The van der Waals surface area contributed by atoms with Crippen molar-refractivity contribution >= 4 is 11.9 Å². The second-order valence-corrected chi connectivity index (χ2v) is 5.56. The largest absolute Gasteiger partial charge is 0.448 e. The zero-order valence-electron chi connectivity index (χ0n) is 10.4. The Balaban J connectivity index is 2.37. The highest BCUT2D eigenvalue weighted by molar-refractivity contribution is 5.96. The number of carbonyl (C=O) groups is 2. The van der Waals surface area contributed by atoms with Crippen molar-refractivity contribution in [1.82, 2.24) is 5.32 Å². The smallest absolute Gasteiger partial charge is 0.313 e. The molecule has 2 bridgehead atoms. The standard InChI is InChI=1S/C13H17NO3/c1-5-8-14-9(15)13-7-6-12(4,10(16)17-13)11(13,2)3/h1H,6-8H2,2-4H3,(H,14,15)/t12-,13+/m0/s1. The molecule has 0 aromatic rings. The fourth-order valence-electron chi connectivity index (χ4n) is 3.02. The van der Waals surface area contributed by atoms with E-state index in [0.29, 0.717) is 12.8 Å². The van der Waals surface area contributed by atoms with Crippen molar-refractivity contribution in [1.29, 1.82) is 0 Å². The highest BCUT2D eigenvalue weighted by Gasteiger charge is 2.75. The molecule has 0 aromatic heterocycles. The maximum Gasteiger partial charge on any atom is 0.313 e. The van der Waals surface area contributed by atoms with Crippen LogP contribution < -0.4 is 5.32 Å². The van der Waals surface area contributed by atoms with Crippen molar-refractivity contribution in [3.63, 3.8) is 0 Å². The van der Waals surface area contributed by atoms with Crippen LogP contribution in [0.4, 0.5) is 0 Å². The Bertz CT molecular complexity index is 434. The maximum atomic E-state index is 12.2. The Morgan fingerprint density at radius 3 is 2.53 bits per heavy atom. The fourth-order valence-corrected chi connectivity index (χ4v) is 3.02. The van der Waals surface area contributed by atoms with Gasteiger partial charge in [-0.1, -0.05) is 19.8 Å². The average Bonchev–Trinajstić information content (AvgIpc) is 2.56. The van der Waals surface area contributed by atoms with Gasteiger partial charge in [0.05, 0.1) is 12.0 Å². The summed E-state index contributed by atoms with van der Waals surface area (Å²) in [6, 6.07) is 0. The molecule has 1 aliphatic heterocycles. The molecule has 1 N–H and O–H groups in total. The second kappa shape index (κ2) is 3.25. The average molecular weight is 235 g/mol. The summed E-state index contributed by atoms with van der Waals surface area (Å²) in [5.41, 5.74) is -2.12. The number of fused-ring (bicyclic) bond motifs is 2. The van der Waals surface area contributed by atoms with E-state index in [4.69, 9.17) is 11.2 Å². The molecule has 0 unspecified atom stereocenters. The third-order valence-electron chi connectivity index (χ3n) is 4.80. The van der Waals surface area contributed by atoms with Crippen LogP contribution in [0.5, 0.6) is 0 Å². The first kappa shape index (κ1) is 12.0. The normalized spacial score (nSPS) is 37.4. The summed E-state index contributed by atoms with van der Waals surface area (Å²) in [4.78, 5) is 24.1. The van der Waals surface area contributed by atoms with Crippen molar-refractivity contribution in [3.05, 3.63) is 0 Å². The molecule has 2 aliphatic rings. The number of hydrogen-bond donors (Lipinski definition) is 1. The van der Waals surface area contributed by atoms with Gasteiger partial charge in [0, 0.05) is 5.41 Å². The summed E-state index contributed by atoms with van der Waals surface area (Å²) in [6.45, 7) is 5.87. The number of rotatable bonds is 2. The van der Waals surface area contributed by atoms with Gasteiger partial charge in [-0.2, -0.15) is 0 Å². The Morgan fingerprint density at radius 1 is 1.47 bits per heavy atom. The van der Waals surface area contributed by atoms with Gasteiger partial charge in [0.15, 0.2) is 5.60 Å². The summed E-state index contributed by atoms with van der Waals surface area (Å²) in [5.74, 6) is 1.81. The Morgan fingerprint density at radius 2 is 2.12 bits per heavy atom. The van der Waals surface area contributed by atoms with Gasteiger partial charge in [-0.3, -0.25) is 9.59 Å². The maximum absolute atomic E-state index is 12.2. The molecular weight excluding hydrogens is 218 g/mol. The number of terminal acetylenes is 1. The van der Waals surface area contributed by atoms with Crippen molar-refractivity contribution in [2.75, 3.05) is 6.54 Å². The summed E-state index contributed by atoms with van der Waals surface area (Å²) < 4.78 is 5.41. The summed E-state index contributed by atoms with van der Waals surface area (Å²) in [7, 11) is 0. The highest BCUT2D eigenvalue weighted by Crippen LogP contribution is 2.65. The molecule has 1 heterocycles. The van der Waals surface area contributed by atoms with Crippen LogP contribution in [0, 0.1) is 23.2 Å². The fraction of sp³-hybridized carbons (Fsp3) is 0.692. The van der Waals surface area contributed by atoms with Gasteiger partial charge < -0.3 is 10.1 Å². The van der Waals surface area contributed by atoms with Crippen LogP contribution in [0.1, 0.15) is 33.6 Å². The zero-order valence-corrected chi connectivity index (χ0v) is 10.4. The van der Waals surface area contributed by atoms with E-state index in [-0.39, 0.29) is 18.4 Å². The van der Waals surface area contributed by atoms with Crippen LogP contribution in [0.2, 0.25) is 0 Å². The molecule has 0 radical (unpaired) electrons. The molecule has 92 valence electrons. The minimum atomic E-state index is -1.05. The molecular formula is C13H17NO3. The quantitative estimate of drug-likeness (QED) is 0.570. The highest BCUT2D eigenvalue weighted by atomic mass is 16.6. The topological polar surface area (TPSA) is 55.4 Å². The van der Waals surface area contributed by atoms with E-state index in [2.05, 4.69) is 11.2 Å². The molecule has 1 saturated heterocycles. The number of nitrogens with one attached hydrogen (secondary N) is 1. The molecule has 4 nitrogen and oxygen atoms in total. The van der Waals surface area contributed by atoms with Crippen molar-refractivity contribution in [2.24, 2.45) is 10.8 Å². The Labute approximate surface area is 101 Å². The van der Waals surface area contributed by atoms with Crippen LogP contribution in [-0.2, 0) is 14.3 Å². The predicted octanol–water partition coefficient (Wildman–Crippen LogP) is 0.858. The lowest BCUT2D eigenvalue weighted by molar-refractivity contribution is -0.168. The predicted molar refractivity (Wildman–Crippen MR) is 61.8 cm³/mol. The molecule has 2 fully saturated rings. The number of esters is 1. The molecule has 4 heteroatoms. The van der Waals surface area contributed by atoms with E-state index in [1.54, 1.807) is 0 Å². The van der Waals surface area contributed by atoms with Crippen molar-refractivity contribution < 1.29 is 14.3 Å². The molecule has 2 rings (SSSR count). The molecule has 0 spiro atoms. The van der Waals surface area contributed by atoms with Crippen LogP contribution in [0.25, 0.3) is 0 Å². The lowest BCUT2D eigenvalue weighted by Crippen LogP contribution is -2.53. The van der Waals surface area contributed by atoms with Crippen LogP contribution >= 0.6 is 0 Å². The lowest BCUT2D eigenvalue weighted by Gasteiger charge is -2.35. The molecule has 2 atom stereocenters. The Hall–Kier alpha value is -1.50. The lowest BCUT2D eigenvalue weighted by atomic mass is 9.66. The SMILES string of the molecule is C#CCNC(=O)[C@@]12CC[C@@](C)(C(=O)O1)C2(C)C. The number of carbonyl (C=O) groups excluding carboxylic acids is 2. The van der Waals surface area contributed by atoms with Gasteiger partial charge in [0.2, 0.25) is 0 Å². The molecule has 0 aromatic carbocycles. The third kappa shape index (κ3) is 1.14. The molecule has 1 amide bonds. The van der Waals surface area contributed by atoms with Gasteiger partial charge in [0.25, 0.3) is 5.91 Å². The first-order valence-corrected chi connectivity index (χ1v) is 5.77. The minimum Gasteiger partial charge on any atom is -0.448 e. The van der Waals surface area contributed by atoms with E-state index in [0.717, 1.165) is 0 Å². The monoisotopic (exact) mass is 235 g/mol. The van der Waals surface area contributed by atoms with Gasteiger partial charge in [0.1, 0.15) is 0 Å². The van der Waals surface area contributed by atoms with Crippen molar-refractivity contribution in [3.8, 4) is 12.3 Å².